The molecule has 0 radical (unpaired) electrons. The highest BCUT2D eigenvalue weighted by molar-refractivity contribution is 5.06. The van der Waals surface area contributed by atoms with Crippen molar-refractivity contribution in [1.82, 2.24) is 4.90 Å². The van der Waals surface area contributed by atoms with Gasteiger partial charge in [-0.15, -0.1) is 0 Å². The molecule has 2 N–H and O–H groups in total. The van der Waals surface area contributed by atoms with Gasteiger partial charge in [0.25, 0.3) is 0 Å². The summed E-state index contributed by atoms with van der Waals surface area (Å²) >= 11 is 0. The lowest BCUT2D eigenvalue weighted by molar-refractivity contribution is 0.269. The summed E-state index contributed by atoms with van der Waals surface area (Å²) in [7, 11) is 0. The molecule has 2 heteroatoms. The Morgan fingerprint density at radius 3 is 2.77 bits per heavy atom. The monoisotopic (exact) mass is 182 g/mol. The smallest absolute Gasteiger partial charge is 0.0155 e. The Morgan fingerprint density at radius 1 is 1.54 bits per heavy atom. The molecular weight excluding hydrogens is 160 g/mol. The molecule has 0 amide bonds. The van der Waals surface area contributed by atoms with Gasteiger partial charge in [-0.25, -0.2) is 0 Å². The van der Waals surface area contributed by atoms with E-state index in [0.717, 1.165) is 18.5 Å². The van der Waals surface area contributed by atoms with E-state index in [0.29, 0.717) is 5.41 Å². The third kappa shape index (κ3) is 1.62. The first-order valence-electron chi connectivity index (χ1n) is 5.63. The van der Waals surface area contributed by atoms with Crippen molar-refractivity contribution >= 4 is 0 Å². The number of hydrogen-bond donors (Lipinski definition) is 1. The average molecular weight is 182 g/mol. The standard InChI is InChI=1S/C11H22N2/c1-3-11(2)6-10(11)13-5-4-9(7-12)8-13/h9-10H,3-8,12H2,1-2H3. The molecule has 2 aliphatic rings. The number of nitrogens with two attached hydrogens (primary N) is 1. The largest absolute Gasteiger partial charge is 0.330 e. The molecule has 1 aliphatic carbocycles. The third-order valence-electron chi connectivity index (χ3n) is 4.20. The normalized spacial score (nSPS) is 45.5. The Morgan fingerprint density at radius 2 is 2.31 bits per heavy atom. The summed E-state index contributed by atoms with van der Waals surface area (Å²) in [6.07, 6.45) is 4.08. The van der Waals surface area contributed by atoms with Crippen molar-refractivity contribution in [1.29, 1.82) is 0 Å². The Hall–Kier alpha value is -0.0800. The predicted octanol–water partition coefficient (Wildman–Crippen LogP) is 1.46. The van der Waals surface area contributed by atoms with Crippen LogP contribution in [0.2, 0.25) is 0 Å². The van der Waals surface area contributed by atoms with Crippen LogP contribution < -0.4 is 5.73 Å². The second-order valence-corrected chi connectivity index (χ2v) is 5.11. The molecule has 1 aliphatic heterocycles. The van der Waals surface area contributed by atoms with Crippen LogP contribution in [0.4, 0.5) is 0 Å². The van der Waals surface area contributed by atoms with Gasteiger partial charge in [-0.05, 0) is 43.7 Å². The molecule has 1 saturated heterocycles. The third-order valence-corrected chi connectivity index (χ3v) is 4.20. The zero-order valence-electron chi connectivity index (χ0n) is 8.92. The van der Waals surface area contributed by atoms with E-state index < -0.39 is 0 Å². The summed E-state index contributed by atoms with van der Waals surface area (Å²) < 4.78 is 0. The second kappa shape index (κ2) is 3.25. The van der Waals surface area contributed by atoms with Crippen LogP contribution in [0, 0.1) is 11.3 Å². The zero-order valence-corrected chi connectivity index (χ0v) is 8.92. The first kappa shape index (κ1) is 9.47. The summed E-state index contributed by atoms with van der Waals surface area (Å²) in [5, 5.41) is 0. The average Bonchev–Trinajstić information content (AvgIpc) is 2.65. The van der Waals surface area contributed by atoms with Gasteiger partial charge in [-0.1, -0.05) is 13.8 Å². The number of likely N-dealkylation sites (tertiary alicyclic amines) is 1. The van der Waals surface area contributed by atoms with Gasteiger partial charge in [0, 0.05) is 12.6 Å². The van der Waals surface area contributed by atoms with Crippen LogP contribution in [0.15, 0.2) is 0 Å². The molecule has 2 rings (SSSR count). The van der Waals surface area contributed by atoms with Gasteiger partial charge in [-0.3, -0.25) is 4.90 Å². The Balaban J connectivity index is 1.85. The SMILES string of the molecule is CCC1(C)CC1N1CCC(CN)C1. The molecule has 0 aromatic heterocycles. The molecule has 0 spiro atoms. The van der Waals surface area contributed by atoms with Gasteiger partial charge < -0.3 is 5.73 Å². The Bertz CT molecular complexity index is 193. The number of nitrogens with zero attached hydrogens (tertiary/aromatic N) is 1. The van der Waals surface area contributed by atoms with Crippen LogP contribution in [0.3, 0.4) is 0 Å². The lowest BCUT2D eigenvalue weighted by Gasteiger charge is -2.18. The predicted molar refractivity (Wildman–Crippen MR) is 55.5 cm³/mol. The lowest BCUT2D eigenvalue weighted by atomic mass is 10.1. The summed E-state index contributed by atoms with van der Waals surface area (Å²) in [5.74, 6) is 0.779. The summed E-state index contributed by atoms with van der Waals surface area (Å²) in [5.41, 5.74) is 6.33. The summed E-state index contributed by atoms with van der Waals surface area (Å²) in [6.45, 7) is 8.18. The van der Waals surface area contributed by atoms with Crippen molar-refractivity contribution in [2.75, 3.05) is 19.6 Å². The van der Waals surface area contributed by atoms with Crippen LogP contribution in [-0.2, 0) is 0 Å². The van der Waals surface area contributed by atoms with Gasteiger partial charge in [0.15, 0.2) is 0 Å². The fourth-order valence-electron chi connectivity index (χ4n) is 2.67. The topological polar surface area (TPSA) is 29.3 Å². The van der Waals surface area contributed by atoms with E-state index in [1.54, 1.807) is 0 Å². The van der Waals surface area contributed by atoms with Crippen molar-refractivity contribution in [2.24, 2.45) is 17.1 Å². The minimum atomic E-state index is 0.642. The fraction of sp³-hybridized carbons (Fsp3) is 1.00. The molecule has 13 heavy (non-hydrogen) atoms. The first-order valence-corrected chi connectivity index (χ1v) is 5.63. The molecular formula is C11H22N2. The number of hydrogen-bond acceptors (Lipinski definition) is 2. The van der Waals surface area contributed by atoms with E-state index in [1.807, 2.05) is 0 Å². The van der Waals surface area contributed by atoms with Crippen LogP contribution >= 0.6 is 0 Å². The maximum Gasteiger partial charge on any atom is 0.0155 e. The summed E-state index contributed by atoms with van der Waals surface area (Å²) in [4.78, 5) is 2.67. The molecule has 1 saturated carbocycles. The molecule has 0 aromatic rings. The molecule has 2 nitrogen and oxygen atoms in total. The Kier molecular flexibility index (Phi) is 2.37. The molecule has 3 unspecified atom stereocenters. The molecule has 76 valence electrons. The molecule has 2 fully saturated rings. The van der Waals surface area contributed by atoms with Crippen molar-refractivity contribution < 1.29 is 0 Å². The van der Waals surface area contributed by atoms with E-state index in [2.05, 4.69) is 18.7 Å². The molecule has 0 bridgehead atoms. The van der Waals surface area contributed by atoms with E-state index in [4.69, 9.17) is 5.73 Å². The van der Waals surface area contributed by atoms with Gasteiger partial charge in [0.2, 0.25) is 0 Å². The van der Waals surface area contributed by atoms with Gasteiger partial charge in [0.05, 0.1) is 0 Å². The molecule has 1 heterocycles. The molecule has 0 aromatic carbocycles. The lowest BCUT2D eigenvalue weighted by Crippen LogP contribution is -2.28. The van der Waals surface area contributed by atoms with Gasteiger partial charge in [0.1, 0.15) is 0 Å². The van der Waals surface area contributed by atoms with Crippen molar-refractivity contribution in [3.8, 4) is 0 Å². The highest BCUT2D eigenvalue weighted by atomic mass is 15.2. The quantitative estimate of drug-likeness (QED) is 0.716. The van der Waals surface area contributed by atoms with E-state index in [1.165, 1.54) is 32.4 Å². The van der Waals surface area contributed by atoms with Crippen LogP contribution in [0.1, 0.15) is 33.1 Å². The van der Waals surface area contributed by atoms with Crippen LogP contribution in [-0.4, -0.2) is 30.6 Å². The molecule has 3 atom stereocenters. The first-order chi connectivity index (χ1) is 6.19. The van der Waals surface area contributed by atoms with Crippen molar-refractivity contribution in [3.05, 3.63) is 0 Å². The minimum Gasteiger partial charge on any atom is -0.330 e. The second-order valence-electron chi connectivity index (χ2n) is 5.11. The van der Waals surface area contributed by atoms with Crippen LogP contribution in [0.25, 0.3) is 0 Å². The van der Waals surface area contributed by atoms with Crippen molar-refractivity contribution in [2.45, 2.75) is 39.2 Å². The number of rotatable bonds is 3. The minimum absolute atomic E-state index is 0.642. The highest BCUT2D eigenvalue weighted by Crippen LogP contribution is 2.52. The fourth-order valence-corrected chi connectivity index (χ4v) is 2.67. The van der Waals surface area contributed by atoms with E-state index in [9.17, 15) is 0 Å². The maximum atomic E-state index is 5.69. The van der Waals surface area contributed by atoms with Crippen molar-refractivity contribution in [3.63, 3.8) is 0 Å². The highest BCUT2D eigenvalue weighted by Gasteiger charge is 2.52. The van der Waals surface area contributed by atoms with E-state index >= 15 is 0 Å². The van der Waals surface area contributed by atoms with Gasteiger partial charge in [-0.2, -0.15) is 0 Å². The zero-order chi connectivity index (χ0) is 9.47. The Labute approximate surface area is 81.5 Å². The summed E-state index contributed by atoms with van der Waals surface area (Å²) in [6, 6.07) is 0.883. The van der Waals surface area contributed by atoms with Gasteiger partial charge >= 0.3 is 0 Å². The van der Waals surface area contributed by atoms with E-state index in [-0.39, 0.29) is 0 Å². The maximum absolute atomic E-state index is 5.69. The van der Waals surface area contributed by atoms with Crippen LogP contribution in [0.5, 0.6) is 0 Å².